The van der Waals surface area contributed by atoms with Gasteiger partial charge in [-0.3, -0.25) is 4.79 Å². The fourth-order valence-corrected chi connectivity index (χ4v) is 3.69. The third-order valence-electron chi connectivity index (χ3n) is 3.43. The van der Waals surface area contributed by atoms with E-state index in [1.54, 1.807) is 0 Å². The van der Waals surface area contributed by atoms with Gasteiger partial charge in [-0.05, 0) is 5.56 Å². The topological polar surface area (TPSA) is 30.2 Å². The smallest absolute Gasteiger partial charge is 0.173 e. The minimum atomic E-state index is -1.33. The number of hydrogen-bond donors (Lipinski definition) is 0. The third-order valence-corrected chi connectivity index (χ3v) is 4.88. The van der Waals surface area contributed by atoms with E-state index in [4.69, 9.17) is 4.74 Å². The normalized spacial score (nSPS) is 11.4. The molecule has 0 amide bonds. The molecule has 0 saturated carbocycles. The van der Waals surface area contributed by atoms with Crippen molar-refractivity contribution in [1.29, 1.82) is 0 Å². The fraction of sp³-hybridized carbons (Fsp3) is 0.368. The summed E-state index contributed by atoms with van der Waals surface area (Å²) in [6, 6.07) is 15.2. The number of aromatic nitrogens is 1. The van der Waals surface area contributed by atoms with Crippen LogP contribution in [0.2, 0.25) is 25.7 Å². The lowest BCUT2D eigenvalue weighted by molar-refractivity contribution is -0.688. The molecule has 0 atom stereocenters. The van der Waals surface area contributed by atoms with Crippen molar-refractivity contribution >= 4 is 13.9 Å². The predicted octanol–water partition coefficient (Wildman–Crippen LogP) is 3.45. The molecule has 1 aromatic heterocycles. The first-order valence-corrected chi connectivity index (χ1v) is 11.7. The van der Waals surface area contributed by atoms with Crippen LogP contribution in [0, 0.1) is 0 Å². The summed E-state index contributed by atoms with van der Waals surface area (Å²) < 4.78 is 7.68. The number of nitrogens with zero attached hydrogens (tertiary/aromatic N) is 1. The number of benzene rings is 1. The minimum Gasteiger partial charge on any atom is -0.369 e. The van der Waals surface area contributed by atoms with Crippen LogP contribution in [0.4, 0.5) is 0 Å². The summed E-state index contributed by atoms with van der Waals surface area (Å²) >= 11 is 0. The molecule has 0 radical (unpaired) electrons. The van der Waals surface area contributed by atoms with Gasteiger partial charge < -0.3 is 4.74 Å². The molecule has 3 nitrogen and oxygen atoms in total. The van der Waals surface area contributed by atoms with E-state index in [2.05, 4.69) is 60.9 Å². The number of ether oxygens (including phenoxy) is 1. The Morgan fingerprint density at radius 1 is 1.00 bits per heavy atom. The maximum Gasteiger partial charge on any atom is 0.173 e. The van der Waals surface area contributed by atoms with Crippen molar-refractivity contribution in [2.24, 2.45) is 0 Å². The van der Waals surface area contributed by atoms with Crippen molar-refractivity contribution in [1.82, 2.24) is 0 Å². The molecule has 1 aromatic carbocycles. The van der Waals surface area contributed by atoms with Gasteiger partial charge in [0.2, 0.25) is 0 Å². The molecular formula is C19H26NO2Si+. The molecule has 23 heavy (non-hydrogen) atoms. The Bertz CT molecular complexity index is 618. The highest BCUT2D eigenvalue weighted by Gasteiger charge is 2.17. The molecule has 0 saturated heterocycles. The van der Waals surface area contributed by atoms with Crippen LogP contribution in [0.5, 0.6) is 0 Å². The Kier molecular flexibility index (Phi) is 6.25. The lowest BCUT2D eigenvalue weighted by Crippen LogP contribution is -2.33. The summed E-state index contributed by atoms with van der Waals surface area (Å²) in [5.74, 6) is 0.222. The van der Waals surface area contributed by atoms with Gasteiger partial charge in [-0.25, -0.2) is 4.57 Å². The van der Waals surface area contributed by atoms with Gasteiger partial charge in [0.15, 0.2) is 24.7 Å². The zero-order valence-corrected chi connectivity index (χ0v) is 15.3. The third kappa shape index (κ3) is 6.88. The van der Waals surface area contributed by atoms with Crippen LogP contribution in [-0.4, -0.2) is 20.5 Å². The van der Waals surface area contributed by atoms with Crippen molar-refractivity contribution in [2.45, 2.75) is 38.8 Å². The molecule has 0 aliphatic heterocycles. The van der Waals surface area contributed by atoms with E-state index in [1.165, 1.54) is 5.56 Å². The van der Waals surface area contributed by atoms with E-state index in [1.807, 2.05) is 18.2 Å². The van der Waals surface area contributed by atoms with E-state index in [0.717, 1.165) is 12.1 Å². The Hall–Kier alpha value is -1.78. The van der Waals surface area contributed by atoms with Crippen LogP contribution in [0.15, 0.2) is 54.9 Å². The summed E-state index contributed by atoms with van der Waals surface area (Å²) in [7, 11) is -1.33. The van der Waals surface area contributed by atoms with Crippen LogP contribution in [0.25, 0.3) is 0 Å². The van der Waals surface area contributed by atoms with Crippen LogP contribution >= 0.6 is 0 Å². The first-order valence-electron chi connectivity index (χ1n) is 8.04. The maximum atomic E-state index is 11.8. The molecule has 0 N–H and O–H groups in total. The average molecular weight is 329 g/mol. The van der Waals surface area contributed by atoms with Crippen molar-refractivity contribution in [2.75, 3.05) is 6.61 Å². The Morgan fingerprint density at radius 2 is 1.65 bits per heavy atom. The van der Waals surface area contributed by atoms with Gasteiger partial charge in [-0.2, -0.15) is 0 Å². The first kappa shape index (κ1) is 17.6. The summed E-state index contributed by atoms with van der Waals surface area (Å²) in [5.41, 5.74) is 2.37. The van der Waals surface area contributed by atoms with E-state index in [9.17, 15) is 4.79 Å². The molecule has 0 fully saturated rings. The van der Waals surface area contributed by atoms with Gasteiger partial charge in [0.25, 0.3) is 0 Å². The lowest BCUT2D eigenvalue weighted by Gasteiger charge is -2.14. The van der Waals surface area contributed by atoms with Crippen molar-refractivity contribution < 1.29 is 14.1 Å². The maximum absolute atomic E-state index is 11.8. The Morgan fingerprint density at radius 3 is 2.26 bits per heavy atom. The molecule has 122 valence electrons. The van der Waals surface area contributed by atoms with Crippen LogP contribution < -0.4 is 4.57 Å². The van der Waals surface area contributed by atoms with Gasteiger partial charge in [-0.1, -0.05) is 50.0 Å². The van der Waals surface area contributed by atoms with Gasteiger partial charge >= 0.3 is 0 Å². The van der Waals surface area contributed by atoms with E-state index in [0.29, 0.717) is 12.7 Å². The second kappa shape index (κ2) is 8.18. The van der Waals surface area contributed by atoms with Crippen molar-refractivity contribution in [3.63, 3.8) is 0 Å². The zero-order valence-electron chi connectivity index (χ0n) is 14.3. The number of carbonyl (C=O) groups excluding carboxylic acids is 1. The van der Waals surface area contributed by atoms with E-state index < -0.39 is 8.07 Å². The fourth-order valence-electron chi connectivity index (χ4n) is 2.41. The number of Topliss-reactive ketones (excluding diaryl/α,β-unsaturated/α-hetero) is 1. The molecule has 4 heteroatoms. The molecule has 0 aliphatic rings. The number of carbonyl (C=O) groups is 1. The molecule has 2 rings (SSSR count). The number of rotatable bonds is 8. The monoisotopic (exact) mass is 328 g/mol. The molecule has 1 heterocycles. The first-order chi connectivity index (χ1) is 10.9. The quantitative estimate of drug-likeness (QED) is 0.549. The minimum absolute atomic E-state index is 0.222. The number of hydrogen-bond acceptors (Lipinski definition) is 2. The summed E-state index contributed by atoms with van der Waals surface area (Å²) in [5, 5.41) is 0. The van der Waals surface area contributed by atoms with E-state index >= 15 is 0 Å². The zero-order chi connectivity index (χ0) is 16.7. The second-order valence-corrected chi connectivity index (χ2v) is 12.6. The highest BCUT2D eigenvalue weighted by molar-refractivity contribution is 6.78. The Labute approximate surface area is 139 Å². The molecule has 0 aliphatic carbocycles. The van der Waals surface area contributed by atoms with Crippen molar-refractivity contribution in [3.8, 4) is 0 Å². The average Bonchev–Trinajstić information content (AvgIpc) is 2.48. The summed E-state index contributed by atoms with van der Waals surface area (Å²) in [6.45, 7) is 8.18. The largest absolute Gasteiger partial charge is 0.369 e. The van der Waals surface area contributed by atoms with Gasteiger partial charge in [0, 0.05) is 23.7 Å². The highest BCUT2D eigenvalue weighted by Crippen LogP contribution is 2.09. The summed E-state index contributed by atoms with van der Waals surface area (Å²) in [6.07, 6.45) is 4.10. The predicted molar refractivity (Wildman–Crippen MR) is 95.0 cm³/mol. The standard InChI is InChI=1S/C19H26NO2Si/c1-23(2,3)16-19(21)15-22-14-18-9-11-20(12-10-18)13-17-7-5-4-6-8-17/h4-12H,13-16H2,1-3H3/q+1. The Balaban J connectivity index is 1.78. The van der Waals surface area contributed by atoms with Crippen LogP contribution in [-0.2, 0) is 22.7 Å². The number of pyridine rings is 1. The van der Waals surface area contributed by atoms with Crippen LogP contribution in [0.3, 0.4) is 0 Å². The van der Waals surface area contributed by atoms with Gasteiger partial charge in [0.1, 0.15) is 6.61 Å². The molecule has 2 aromatic rings. The van der Waals surface area contributed by atoms with Gasteiger partial charge in [0.05, 0.1) is 14.7 Å². The lowest BCUT2D eigenvalue weighted by atomic mass is 10.2. The molecule has 0 spiro atoms. The molecule has 0 unspecified atom stereocenters. The SMILES string of the molecule is C[Si](C)(C)CC(=O)COCc1cc[n+](Cc2ccccc2)cc1. The van der Waals surface area contributed by atoms with Crippen LogP contribution in [0.1, 0.15) is 11.1 Å². The van der Waals surface area contributed by atoms with Crippen molar-refractivity contribution in [3.05, 3.63) is 66.0 Å². The molecular weight excluding hydrogens is 302 g/mol. The van der Waals surface area contributed by atoms with E-state index in [-0.39, 0.29) is 12.4 Å². The summed E-state index contributed by atoms with van der Waals surface area (Å²) in [4.78, 5) is 11.8. The molecule has 0 bridgehead atoms. The van der Waals surface area contributed by atoms with Gasteiger partial charge in [-0.15, -0.1) is 0 Å². The number of ketones is 1. The second-order valence-electron chi connectivity index (χ2n) is 7.13. The highest BCUT2D eigenvalue weighted by atomic mass is 28.3.